The van der Waals surface area contributed by atoms with Gasteiger partial charge in [-0.15, -0.1) is 0 Å². The lowest BCUT2D eigenvalue weighted by molar-refractivity contribution is -0.141. The molecule has 1 aliphatic rings. The van der Waals surface area contributed by atoms with Crippen LogP contribution in [0.2, 0.25) is 0 Å². The lowest BCUT2D eigenvalue weighted by Gasteiger charge is -2.21. The van der Waals surface area contributed by atoms with E-state index in [0.29, 0.717) is 0 Å². The molecule has 0 aliphatic carbocycles. The minimum Gasteiger partial charge on any atom is -0.480 e. The second-order valence-corrected chi connectivity index (χ2v) is 4.81. The number of carbonyl (C=O) groups is 2. The number of carboxylic acid groups (broad SMARTS) is 1. The van der Waals surface area contributed by atoms with Crippen molar-refractivity contribution < 1.29 is 24.2 Å². The summed E-state index contributed by atoms with van der Waals surface area (Å²) in [4.78, 5) is 24.0. The largest absolute Gasteiger partial charge is 0.480 e. The third-order valence-electron chi connectivity index (χ3n) is 3.19. The molecule has 2 atom stereocenters. The van der Waals surface area contributed by atoms with Crippen molar-refractivity contribution in [3.63, 3.8) is 0 Å². The van der Waals surface area contributed by atoms with E-state index in [1.54, 1.807) is 13.0 Å². The number of β-amino-alcohol motifs (C(OH)–C–C–N with tert-alkyl or cyclic N) is 1. The van der Waals surface area contributed by atoms with Gasteiger partial charge < -0.3 is 20.4 Å². The van der Waals surface area contributed by atoms with Crippen LogP contribution in [0.3, 0.4) is 0 Å². The number of carboxylic acids is 1. The molecule has 1 heterocycles. The van der Waals surface area contributed by atoms with Crippen LogP contribution in [0, 0.1) is 12.7 Å². The molecule has 1 aromatic rings. The maximum atomic E-state index is 13.6. The molecule has 1 saturated heterocycles. The lowest BCUT2D eigenvalue weighted by atomic mass is 10.2. The van der Waals surface area contributed by atoms with E-state index < -0.39 is 30.0 Å². The molecule has 1 aromatic carbocycles. The van der Waals surface area contributed by atoms with Gasteiger partial charge in [0.25, 0.3) is 0 Å². The Morgan fingerprint density at radius 3 is 2.80 bits per heavy atom. The number of amides is 2. The SMILES string of the molecule is Cc1ccc(F)c(NC(=O)N2C[C@H](O)C[C@@H]2C(=O)O)c1. The molecule has 3 N–H and O–H groups in total. The number of likely N-dealkylation sites (tertiary alicyclic amines) is 1. The molecule has 6 nitrogen and oxygen atoms in total. The van der Waals surface area contributed by atoms with Crippen molar-refractivity contribution in [3.05, 3.63) is 29.6 Å². The molecule has 7 heteroatoms. The molecule has 0 spiro atoms. The molecule has 0 bridgehead atoms. The number of aliphatic hydroxyl groups is 1. The molecule has 0 radical (unpaired) electrons. The van der Waals surface area contributed by atoms with Crippen molar-refractivity contribution in [1.29, 1.82) is 0 Å². The minimum absolute atomic E-state index is 0.0134. The van der Waals surface area contributed by atoms with Gasteiger partial charge in [0.2, 0.25) is 0 Å². The van der Waals surface area contributed by atoms with Gasteiger partial charge in [0, 0.05) is 13.0 Å². The maximum Gasteiger partial charge on any atom is 0.326 e. The first-order chi connectivity index (χ1) is 9.38. The van der Waals surface area contributed by atoms with Crippen LogP contribution in [-0.4, -0.2) is 45.8 Å². The molecule has 0 saturated carbocycles. The molecule has 108 valence electrons. The van der Waals surface area contributed by atoms with E-state index >= 15 is 0 Å². The van der Waals surface area contributed by atoms with Gasteiger partial charge in [-0.2, -0.15) is 0 Å². The smallest absolute Gasteiger partial charge is 0.326 e. The normalized spacial score (nSPS) is 21.9. The highest BCUT2D eigenvalue weighted by atomic mass is 19.1. The number of aryl methyl sites for hydroxylation is 1. The Balaban J connectivity index is 2.15. The maximum absolute atomic E-state index is 13.6. The Hall–Kier alpha value is -2.15. The Labute approximate surface area is 114 Å². The van der Waals surface area contributed by atoms with E-state index in [4.69, 9.17) is 5.11 Å². The van der Waals surface area contributed by atoms with Crippen LogP contribution >= 0.6 is 0 Å². The number of urea groups is 1. The summed E-state index contributed by atoms with van der Waals surface area (Å²) in [7, 11) is 0. The molecule has 1 aliphatic heterocycles. The fraction of sp³-hybridized carbons (Fsp3) is 0.385. The molecule has 1 fully saturated rings. The second kappa shape index (κ2) is 5.46. The van der Waals surface area contributed by atoms with Gasteiger partial charge in [-0.05, 0) is 24.6 Å². The predicted octanol–water partition coefficient (Wildman–Crippen LogP) is 1.19. The Morgan fingerprint density at radius 1 is 1.45 bits per heavy atom. The number of aliphatic hydroxyl groups excluding tert-OH is 1. The number of rotatable bonds is 2. The number of aliphatic carboxylic acids is 1. The van der Waals surface area contributed by atoms with Crippen molar-refractivity contribution in [3.8, 4) is 0 Å². The molecular weight excluding hydrogens is 267 g/mol. The zero-order valence-electron chi connectivity index (χ0n) is 10.8. The van der Waals surface area contributed by atoms with Crippen molar-refractivity contribution in [1.82, 2.24) is 4.90 Å². The molecule has 0 aromatic heterocycles. The number of halogens is 1. The van der Waals surface area contributed by atoms with Crippen LogP contribution < -0.4 is 5.32 Å². The third kappa shape index (κ3) is 2.88. The number of benzene rings is 1. The first kappa shape index (κ1) is 14.3. The number of anilines is 1. The zero-order chi connectivity index (χ0) is 14.9. The first-order valence-corrected chi connectivity index (χ1v) is 6.13. The van der Waals surface area contributed by atoms with Gasteiger partial charge in [-0.1, -0.05) is 6.07 Å². The van der Waals surface area contributed by atoms with Gasteiger partial charge in [0.15, 0.2) is 0 Å². The van der Waals surface area contributed by atoms with Crippen LogP contribution in [0.5, 0.6) is 0 Å². The summed E-state index contributed by atoms with van der Waals surface area (Å²) in [5.41, 5.74) is 0.749. The number of carbonyl (C=O) groups excluding carboxylic acids is 1. The molecule has 2 amide bonds. The van der Waals surface area contributed by atoms with E-state index in [-0.39, 0.29) is 18.7 Å². The van der Waals surface area contributed by atoms with E-state index in [9.17, 15) is 19.1 Å². The fourth-order valence-electron chi connectivity index (χ4n) is 2.19. The number of hydrogen-bond donors (Lipinski definition) is 3. The van der Waals surface area contributed by atoms with Gasteiger partial charge in [-0.3, -0.25) is 0 Å². The highest BCUT2D eigenvalue weighted by Crippen LogP contribution is 2.21. The average Bonchev–Trinajstić information content (AvgIpc) is 2.76. The van der Waals surface area contributed by atoms with Gasteiger partial charge in [0.1, 0.15) is 11.9 Å². The predicted molar refractivity (Wildman–Crippen MR) is 68.9 cm³/mol. The summed E-state index contributed by atoms with van der Waals surface area (Å²) < 4.78 is 13.6. The minimum atomic E-state index is -1.19. The fourth-order valence-corrected chi connectivity index (χ4v) is 2.19. The monoisotopic (exact) mass is 282 g/mol. The topological polar surface area (TPSA) is 89.9 Å². The molecule has 0 unspecified atom stereocenters. The lowest BCUT2D eigenvalue weighted by Crippen LogP contribution is -2.43. The summed E-state index contributed by atoms with van der Waals surface area (Å²) in [6, 6.07) is 2.40. The summed E-state index contributed by atoms with van der Waals surface area (Å²) >= 11 is 0. The van der Waals surface area contributed by atoms with Crippen molar-refractivity contribution in [2.75, 3.05) is 11.9 Å². The number of nitrogens with zero attached hydrogens (tertiary/aromatic N) is 1. The van der Waals surface area contributed by atoms with Crippen LogP contribution in [0.4, 0.5) is 14.9 Å². The Morgan fingerprint density at radius 2 is 2.15 bits per heavy atom. The highest BCUT2D eigenvalue weighted by Gasteiger charge is 2.39. The van der Waals surface area contributed by atoms with Crippen LogP contribution in [0.25, 0.3) is 0 Å². The van der Waals surface area contributed by atoms with Gasteiger partial charge >= 0.3 is 12.0 Å². The molecule has 20 heavy (non-hydrogen) atoms. The van der Waals surface area contributed by atoms with Crippen LogP contribution in [0.1, 0.15) is 12.0 Å². The summed E-state index contributed by atoms with van der Waals surface area (Å²) in [6.45, 7) is 1.66. The van der Waals surface area contributed by atoms with Crippen molar-refractivity contribution >= 4 is 17.7 Å². The van der Waals surface area contributed by atoms with Crippen LogP contribution in [-0.2, 0) is 4.79 Å². The number of hydrogen-bond acceptors (Lipinski definition) is 3. The number of nitrogens with one attached hydrogen (secondary N) is 1. The first-order valence-electron chi connectivity index (χ1n) is 6.13. The van der Waals surface area contributed by atoms with E-state index in [1.165, 1.54) is 12.1 Å². The summed E-state index contributed by atoms with van der Waals surface area (Å²) in [5, 5.41) is 20.8. The van der Waals surface area contributed by atoms with Crippen LogP contribution in [0.15, 0.2) is 18.2 Å². The third-order valence-corrected chi connectivity index (χ3v) is 3.19. The standard InChI is InChI=1S/C13H15FN2O4/c1-7-2-3-9(14)10(4-7)15-13(20)16-6-8(17)5-11(16)12(18)19/h2-4,8,11,17H,5-6H2,1H3,(H,15,20)(H,18,19)/t8-,11-/m1/s1. The molecular formula is C13H15FN2O4. The second-order valence-electron chi connectivity index (χ2n) is 4.81. The van der Waals surface area contributed by atoms with E-state index in [0.717, 1.165) is 10.5 Å². The van der Waals surface area contributed by atoms with E-state index in [2.05, 4.69) is 5.32 Å². The Bertz CT molecular complexity index is 549. The molecule has 2 rings (SSSR count). The summed E-state index contributed by atoms with van der Waals surface area (Å²) in [6.07, 6.45) is -0.914. The van der Waals surface area contributed by atoms with Gasteiger partial charge in [-0.25, -0.2) is 14.0 Å². The van der Waals surface area contributed by atoms with E-state index in [1.807, 2.05) is 0 Å². The average molecular weight is 282 g/mol. The van der Waals surface area contributed by atoms with Gasteiger partial charge in [0.05, 0.1) is 11.8 Å². The summed E-state index contributed by atoms with van der Waals surface area (Å²) in [5.74, 6) is -1.79. The van der Waals surface area contributed by atoms with Crippen molar-refractivity contribution in [2.45, 2.75) is 25.5 Å². The zero-order valence-corrected chi connectivity index (χ0v) is 10.8. The Kier molecular flexibility index (Phi) is 3.89. The quantitative estimate of drug-likeness (QED) is 0.760. The van der Waals surface area contributed by atoms with Crippen molar-refractivity contribution in [2.24, 2.45) is 0 Å². The highest BCUT2D eigenvalue weighted by molar-refractivity contribution is 5.93.